The van der Waals surface area contributed by atoms with Crippen molar-refractivity contribution in [2.75, 3.05) is 0 Å². The van der Waals surface area contributed by atoms with Crippen molar-refractivity contribution in [3.63, 3.8) is 0 Å². The van der Waals surface area contributed by atoms with Crippen molar-refractivity contribution in [1.82, 2.24) is 14.9 Å². The van der Waals surface area contributed by atoms with Crippen molar-refractivity contribution < 1.29 is 4.79 Å². The number of carbonyl (C=O) groups excluding carboxylic acids is 1. The monoisotopic (exact) mass is 333 g/mol. The van der Waals surface area contributed by atoms with Crippen molar-refractivity contribution in [1.29, 1.82) is 0 Å². The zero-order valence-corrected chi connectivity index (χ0v) is 14.6. The van der Waals surface area contributed by atoms with Crippen molar-refractivity contribution in [3.05, 3.63) is 89.5 Å². The minimum atomic E-state index is -0.0544. The van der Waals surface area contributed by atoms with Crippen molar-refractivity contribution in [2.24, 2.45) is 0 Å². The molecule has 128 valence electrons. The molecule has 3 aromatic rings. The van der Waals surface area contributed by atoms with Crippen LogP contribution in [-0.4, -0.2) is 15.5 Å². The standard InChI is InChI=1S/C21H23N3O/c1-3-17-4-8-19(9-5-17)16(2)23-21(25)20-10-6-18(7-11-20)14-24-13-12-22-15-24/h4-13,15-16H,3,14H2,1-2H3,(H,23,25). The van der Waals surface area contributed by atoms with E-state index in [2.05, 4.69) is 41.5 Å². The smallest absolute Gasteiger partial charge is 0.251 e. The SMILES string of the molecule is CCc1ccc(C(C)NC(=O)c2ccc(Cn3ccnc3)cc2)cc1. The number of hydrogen-bond acceptors (Lipinski definition) is 2. The van der Waals surface area contributed by atoms with Crippen LogP contribution >= 0.6 is 0 Å². The summed E-state index contributed by atoms with van der Waals surface area (Å²) in [4.78, 5) is 16.5. The number of aromatic nitrogens is 2. The normalized spacial score (nSPS) is 11.9. The number of rotatable bonds is 6. The highest BCUT2D eigenvalue weighted by Crippen LogP contribution is 2.15. The number of nitrogens with zero attached hydrogens (tertiary/aromatic N) is 2. The van der Waals surface area contributed by atoms with Gasteiger partial charge in [0.1, 0.15) is 0 Å². The highest BCUT2D eigenvalue weighted by atomic mass is 16.1. The topological polar surface area (TPSA) is 46.9 Å². The molecule has 0 radical (unpaired) electrons. The molecule has 0 aliphatic heterocycles. The highest BCUT2D eigenvalue weighted by Gasteiger charge is 2.11. The van der Waals surface area contributed by atoms with Crippen LogP contribution in [0, 0.1) is 0 Å². The Hall–Kier alpha value is -2.88. The Morgan fingerprint density at radius 1 is 1.08 bits per heavy atom. The summed E-state index contributed by atoms with van der Waals surface area (Å²) in [5.74, 6) is -0.0544. The number of nitrogens with one attached hydrogen (secondary N) is 1. The fourth-order valence-electron chi connectivity index (χ4n) is 2.76. The molecule has 1 unspecified atom stereocenters. The summed E-state index contributed by atoms with van der Waals surface area (Å²) in [5.41, 5.74) is 4.22. The lowest BCUT2D eigenvalue weighted by Crippen LogP contribution is -2.26. The molecular weight excluding hydrogens is 310 g/mol. The predicted octanol–water partition coefficient (Wildman–Crippen LogP) is 3.98. The third kappa shape index (κ3) is 4.35. The van der Waals surface area contributed by atoms with Gasteiger partial charge in [0.15, 0.2) is 0 Å². The molecule has 1 amide bonds. The third-order valence-electron chi connectivity index (χ3n) is 4.38. The second kappa shape index (κ2) is 7.79. The molecule has 4 heteroatoms. The molecule has 1 N–H and O–H groups in total. The molecule has 0 saturated heterocycles. The largest absolute Gasteiger partial charge is 0.346 e. The molecule has 1 aromatic heterocycles. The van der Waals surface area contributed by atoms with E-state index in [-0.39, 0.29) is 11.9 Å². The zero-order chi connectivity index (χ0) is 17.6. The van der Waals surface area contributed by atoms with Gasteiger partial charge in [-0.15, -0.1) is 0 Å². The van der Waals surface area contributed by atoms with Gasteiger partial charge in [-0.2, -0.15) is 0 Å². The van der Waals surface area contributed by atoms with Gasteiger partial charge >= 0.3 is 0 Å². The van der Waals surface area contributed by atoms with Crippen LogP contribution < -0.4 is 5.32 Å². The van der Waals surface area contributed by atoms with E-state index in [1.165, 1.54) is 5.56 Å². The lowest BCUT2D eigenvalue weighted by atomic mass is 10.0. The average Bonchev–Trinajstić information content (AvgIpc) is 3.15. The van der Waals surface area contributed by atoms with Gasteiger partial charge in [0.25, 0.3) is 5.91 Å². The van der Waals surface area contributed by atoms with Crippen LogP contribution in [0.4, 0.5) is 0 Å². The van der Waals surface area contributed by atoms with Gasteiger partial charge in [0, 0.05) is 24.5 Å². The quantitative estimate of drug-likeness (QED) is 0.741. The van der Waals surface area contributed by atoms with E-state index in [0.717, 1.165) is 24.1 Å². The maximum Gasteiger partial charge on any atom is 0.251 e. The summed E-state index contributed by atoms with van der Waals surface area (Å²) in [6.07, 6.45) is 6.49. The van der Waals surface area contributed by atoms with Crippen LogP contribution in [0.3, 0.4) is 0 Å². The first-order valence-corrected chi connectivity index (χ1v) is 8.60. The summed E-state index contributed by atoms with van der Waals surface area (Å²) in [5, 5.41) is 3.06. The second-order valence-corrected chi connectivity index (χ2v) is 6.22. The van der Waals surface area contributed by atoms with Crippen LogP contribution in [0.1, 0.15) is 46.9 Å². The Balaban J connectivity index is 1.61. The molecule has 0 bridgehead atoms. The molecule has 2 aromatic carbocycles. The van der Waals surface area contributed by atoms with Crippen molar-refractivity contribution >= 4 is 5.91 Å². The fraction of sp³-hybridized carbons (Fsp3) is 0.238. The number of carbonyl (C=O) groups is 1. The summed E-state index contributed by atoms with van der Waals surface area (Å²) in [6, 6.07) is 16.1. The number of amides is 1. The van der Waals surface area contributed by atoms with E-state index in [1.807, 2.05) is 42.0 Å². The predicted molar refractivity (Wildman–Crippen MR) is 99.5 cm³/mol. The molecule has 0 saturated carbocycles. The first kappa shape index (κ1) is 17.0. The average molecular weight is 333 g/mol. The Morgan fingerprint density at radius 2 is 1.76 bits per heavy atom. The van der Waals surface area contributed by atoms with Gasteiger partial charge in [-0.3, -0.25) is 4.79 Å². The molecule has 0 aliphatic carbocycles. The van der Waals surface area contributed by atoms with Crippen LogP contribution in [-0.2, 0) is 13.0 Å². The van der Waals surface area contributed by atoms with Gasteiger partial charge in [0.2, 0.25) is 0 Å². The van der Waals surface area contributed by atoms with Gasteiger partial charge < -0.3 is 9.88 Å². The Morgan fingerprint density at radius 3 is 2.36 bits per heavy atom. The van der Waals surface area contributed by atoms with Gasteiger partial charge in [-0.05, 0) is 42.2 Å². The summed E-state index contributed by atoms with van der Waals surface area (Å²) < 4.78 is 2.00. The van der Waals surface area contributed by atoms with Gasteiger partial charge in [-0.25, -0.2) is 4.98 Å². The second-order valence-electron chi connectivity index (χ2n) is 6.22. The van der Waals surface area contributed by atoms with Crippen molar-refractivity contribution in [3.8, 4) is 0 Å². The van der Waals surface area contributed by atoms with E-state index in [4.69, 9.17) is 0 Å². The van der Waals surface area contributed by atoms with E-state index in [0.29, 0.717) is 5.56 Å². The van der Waals surface area contributed by atoms with Crippen LogP contribution in [0.5, 0.6) is 0 Å². The molecule has 4 nitrogen and oxygen atoms in total. The molecule has 3 rings (SSSR count). The Kier molecular flexibility index (Phi) is 5.29. The Bertz CT molecular complexity index is 805. The van der Waals surface area contributed by atoms with Crippen LogP contribution in [0.15, 0.2) is 67.3 Å². The van der Waals surface area contributed by atoms with Crippen LogP contribution in [0.25, 0.3) is 0 Å². The Labute approximate surface area is 148 Å². The summed E-state index contributed by atoms with van der Waals surface area (Å²) >= 11 is 0. The lowest BCUT2D eigenvalue weighted by molar-refractivity contribution is 0.0940. The minimum absolute atomic E-state index is 0.0240. The lowest BCUT2D eigenvalue weighted by Gasteiger charge is -2.15. The summed E-state index contributed by atoms with van der Waals surface area (Å²) in [7, 11) is 0. The van der Waals surface area contributed by atoms with Gasteiger partial charge in [0.05, 0.1) is 12.4 Å². The molecule has 0 aliphatic rings. The third-order valence-corrected chi connectivity index (χ3v) is 4.38. The maximum atomic E-state index is 12.5. The van der Waals surface area contributed by atoms with E-state index in [1.54, 1.807) is 12.5 Å². The molecule has 25 heavy (non-hydrogen) atoms. The van der Waals surface area contributed by atoms with Crippen molar-refractivity contribution in [2.45, 2.75) is 32.9 Å². The first-order valence-electron chi connectivity index (χ1n) is 8.60. The number of hydrogen-bond donors (Lipinski definition) is 1. The van der Waals surface area contributed by atoms with E-state index in [9.17, 15) is 4.79 Å². The zero-order valence-electron chi connectivity index (χ0n) is 14.6. The number of imidazole rings is 1. The van der Waals surface area contributed by atoms with E-state index < -0.39 is 0 Å². The van der Waals surface area contributed by atoms with Gasteiger partial charge in [-0.1, -0.05) is 43.3 Å². The molecule has 0 spiro atoms. The molecule has 1 heterocycles. The molecular formula is C21H23N3O. The highest BCUT2D eigenvalue weighted by molar-refractivity contribution is 5.94. The maximum absolute atomic E-state index is 12.5. The van der Waals surface area contributed by atoms with E-state index >= 15 is 0 Å². The minimum Gasteiger partial charge on any atom is -0.346 e. The van der Waals surface area contributed by atoms with Crippen LogP contribution in [0.2, 0.25) is 0 Å². The molecule has 0 fully saturated rings. The molecule has 1 atom stereocenters. The fourth-order valence-corrected chi connectivity index (χ4v) is 2.76. The number of aryl methyl sites for hydroxylation is 1. The summed E-state index contributed by atoms with van der Waals surface area (Å²) in [6.45, 7) is 4.89. The first-order chi connectivity index (χ1) is 12.2. The number of benzene rings is 2.